The first-order valence-corrected chi connectivity index (χ1v) is 11.1. The third kappa shape index (κ3) is 5.04. The fraction of sp³-hybridized carbons (Fsp3) is 0.409. The zero-order valence-electron chi connectivity index (χ0n) is 17.2. The molecule has 0 radical (unpaired) electrons. The monoisotopic (exact) mass is 417 g/mol. The molecular weight excluding hydrogens is 390 g/mol. The van der Waals surface area contributed by atoms with E-state index in [-0.39, 0.29) is 17.1 Å². The third-order valence-corrected chi connectivity index (χ3v) is 6.79. The summed E-state index contributed by atoms with van der Waals surface area (Å²) in [5.74, 6) is -0.490. The van der Waals surface area contributed by atoms with Gasteiger partial charge < -0.3 is 9.47 Å². The van der Waals surface area contributed by atoms with Crippen LogP contribution >= 0.6 is 0 Å². The van der Waals surface area contributed by atoms with E-state index in [0.29, 0.717) is 18.7 Å². The van der Waals surface area contributed by atoms with Gasteiger partial charge in [0.2, 0.25) is 10.0 Å². The van der Waals surface area contributed by atoms with Gasteiger partial charge >= 0.3 is 5.97 Å². The lowest BCUT2D eigenvalue weighted by atomic mass is 10.1. The number of carbonyl (C=O) groups is 1. The van der Waals surface area contributed by atoms with E-state index in [4.69, 9.17) is 9.47 Å². The van der Waals surface area contributed by atoms with E-state index in [2.05, 4.69) is 0 Å². The smallest absolute Gasteiger partial charge is 0.338 e. The van der Waals surface area contributed by atoms with E-state index in [1.165, 1.54) is 28.6 Å². The summed E-state index contributed by atoms with van der Waals surface area (Å²) in [7, 11) is -3.64. The average Bonchev–Trinajstić information content (AvgIpc) is 2.67. The summed E-state index contributed by atoms with van der Waals surface area (Å²) in [5.41, 5.74) is 2.35. The van der Waals surface area contributed by atoms with Crippen LogP contribution in [0.15, 0.2) is 53.4 Å². The van der Waals surface area contributed by atoms with Gasteiger partial charge in [-0.2, -0.15) is 4.31 Å². The highest BCUT2D eigenvalue weighted by Gasteiger charge is 2.32. The predicted molar refractivity (Wildman–Crippen MR) is 110 cm³/mol. The molecule has 1 fully saturated rings. The minimum Gasteiger partial charge on any atom is -0.454 e. The fourth-order valence-electron chi connectivity index (χ4n) is 3.37. The first-order valence-electron chi connectivity index (χ1n) is 9.70. The van der Waals surface area contributed by atoms with Crippen molar-refractivity contribution in [3.63, 3.8) is 0 Å². The van der Waals surface area contributed by atoms with Crippen molar-refractivity contribution in [3.05, 3.63) is 65.2 Å². The number of morpholine rings is 1. The summed E-state index contributed by atoms with van der Waals surface area (Å²) in [6.45, 7) is 8.13. The molecule has 1 heterocycles. The van der Waals surface area contributed by atoms with Crippen LogP contribution in [0.4, 0.5) is 0 Å². The maximum atomic E-state index is 12.9. The molecule has 156 valence electrons. The summed E-state index contributed by atoms with van der Waals surface area (Å²) < 4.78 is 38.4. The normalized spacial score (nSPS) is 21.5. The number of esters is 1. The van der Waals surface area contributed by atoms with Crippen LogP contribution in [0.5, 0.6) is 0 Å². The maximum Gasteiger partial charge on any atom is 0.338 e. The molecule has 0 bridgehead atoms. The number of aryl methyl sites for hydroxylation is 1. The second-order valence-corrected chi connectivity index (χ2v) is 9.50. The van der Waals surface area contributed by atoms with Crippen LogP contribution in [-0.2, 0) is 19.5 Å². The molecule has 0 N–H and O–H groups in total. The fourth-order valence-corrected chi connectivity index (χ4v) is 4.96. The summed E-state index contributed by atoms with van der Waals surface area (Å²) in [6.07, 6.45) is -0.722. The Kier molecular flexibility index (Phi) is 6.41. The lowest BCUT2D eigenvalue weighted by molar-refractivity contribution is -0.0440. The molecule has 0 aromatic heterocycles. The number of carbonyl (C=O) groups excluding carboxylic acids is 1. The molecule has 1 aliphatic rings. The van der Waals surface area contributed by atoms with Crippen LogP contribution in [0.2, 0.25) is 0 Å². The molecule has 6 nitrogen and oxygen atoms in total. The molecule has 3 atom stereocenters. The molecule has 29 heavy (non-hydrogen) atoms. The number of benzene rings is 2. The van der Waals surface area contributed by atoms with Gasteiger partial charge in [0, 0.05) is 13.1 Å². The van der Waals surface area contributed by atoms with Crippen LogP contribution in [0, 0.1) is 6.92 Å². The Hall–Kier alpha value is -2.22. The number of sulfonamides is 1. The van der Waals surface area contributed by atoms with Gasteiger partial charge in [-0.05, 0) is 57.5 Å². The minimum absolute atomic E-state index is 0.155. The first kappa shape index (κ1) is 21.5. The molecule has 2 aromatic carbocycles. The number of nitrogens with zero attached hydrogens (tertiary/aromatic N) is 1. The Morgan fingerprint density at radius 1 is 1.03 bits per heavy atom. The second kappa shape index (κ2) is 8.65. The van der Waals surface area contributed by atoms with Crippen LogP contribution < -0.4 is 0 Å². The van der Waals surface area contributed by atoms with Crippen molar-refractivity contribution in [1.82, 2.24) is 4.31 Å². The quantitative estimate of drug-likeness (QED) is 0.694. The third-order valence-electron chi connectivity index (χ3n) is 4.94. The van der Waals surface area contributed by atoms with E-state index >= 15 is 0 Å². The standard InChI is InChI=1S/C22H27NO5S/c1-15-5-7-19(8-6-15)18(4)28-22(24)20-9-11-21(12-10-20)29(25,26)23-13-16(2)27-17(3)14-23/h5-12,16-18H,13-14H2,1-4H3/t16-,17-,18-/m1/s1. The van der Waals surface area contributed by atoms with Crippen molar-refractivity contribution in [2.75, 3.05) is 13.1 Å². The molecule has 0 spiro atoms. The van der Waals surface area contributed by atoms with Crippen LogP contribution in [0.3, 0.4) is 0 Å². The van der Waals surface area contributed by atoms with Gasteiger partial charge in [-0.25, -0.2) is 13.2 Å². The van der Waals surface area contributed by atoms with E-state index in [9.17, 15) is 13.2 Å². The molecule has 0 amide bonds. The summed E-state index contributed by atoms with van der Waals surface area (Å²) in [6, 6.07) is 13.7. The summed E-state index contributed by atoms with van der Waals surface area (Å²) in [5, 5.41) is 0. The number of hydrogen-bond donors (Lipinski definition) is 0. The van der Waals surface area contributed by atoms with E-state index in [0.717, 1.165) is 11.1 Å². The van der Waals surface area contributed by atoms with Crippen molar-refractivity contribution in [2.24, 2.45) is 0 Å². The molecule has 1 saturated heterocycles. The zero-order valence-corrected chi connectivity index (χ0v) is 18.0. The van der Waals surface area contributed by atoms with E-state index in [1.807, 2.05) is 52.0 Å². The number of rotatable bonds is 5. The van der Waals surface area contributed by atoms with Crippen LogP contribution in [0.25, 0.3) is 0 Å². The van der Waals surface area contributed by atoms with Gasteiger partial charge in [-0.3, -0.25) is 0 Å². The van der Waals surface area contributed by atoms with E-state index < -0.39 is 22.1 Å². The molecule has 0 aliphatic carbocycles. The summed E-state index contributed by atoms with van der Waals surface area (Å²) in [4.78, 5) is 12.6. The molecule has 2 aromatic rings. The Balaban J connectivity index is 1.70. The zero-order chi connectivity index (χ0) is 21.2. The van der Waals surface area contributed by atoms with Gasteiger partial charge in [-0.1, -0.05) is 29.8 Å². The largest absolute Gasteiger partial charge is 0.454 e. The maximum absolute atomic E-state index is 12.9. The highest BCUT2D eigenvalue weighted by Crippen LogP contribution is 2.23. The van der Waals surface area contributed by atoms with Gasteiger partial charge in [-0.15, -0.1) is 0 Å². The lowest BCUT2D eigenvalue weighted by Crippen LogP contribution is -2.48. The van der Waals surface area contributed by atoms with Crippen LogP contribution in [-0.4, -0.2) is 44.0 Å². The van der Waals surface area contributed by atoms with Crippen molar-refractivity contribution >= 4 is 16.0 Å². The van der Waals surface area contributed by atoms with Crippen molar-refractivity contribution in [3.8, 4) is 0 Å². The summed E-state index contributed by atoms with van der Waals surface area (Å²) >= 11 is 0. The van der Waals surface area contributed by atoms with E-state index in [1.54, 1.807) is 0 Å². The molecule has 7 heteroatoms. The lowest BCUT2D eigenvalue weighted by Gasteiger charge is -2.34. The minimum atomic E-state index is -3.64. The average molecular weight is 418 g/mol. The van der Waals surface area contributed by atoms with Crippen LogP contribution in [0.1, 0.15) is 48.4 Å². The Labute approximate surface area is 172 Å². The van der Waals surface area contributed by atoms with Crippen molar-refractivity contribution in [1.29, 1.82) is 0 Å². The molecule has 3 rings (SSSR count). The second-order valence-electron chi connectivity index (χ2n) is 7.56. The number of hydrogen-bond acceptors (Lipinski definition) is 5. The van der Waals surface area contributed by atoms with Gasteiger partial charge in [0.05, 0.1) is 22.7 Å². The number of ether oxygens (including phenoxy) is 2. The molecule has 1 aliphatic heterocycles. The molecule has 0 unspecified atom stereocenters. The predicted octanol–water partition coefficient (Wildman–Crippen LogP) is 3.71. The Morgan fingerprint density at radius 2 is 1.59 bits per heavy atom. The highest BCUT2D eigenvalue weighted by molar-refractivity contribution is 7.89. The van der Waals surface area contributed by atoms with Gasteiger partial charge in [0.1, 0.15) is 6.10 Å². The topological polar surface area (TPSA) is 72.9 Å². The van der Waals surface area contributed by atoms with Crippen molar-refractivity contribution in [2.45, 2.75) is 50.9 Å². The Morgan fingerprint density at radius 3 is 2.14 bits per heavy atom. The highest BCUT2D eigenvalue weighted by atomic mass is 32.2. The van der Waals surface area contributed by atoms with Crippen molar-refractivity contribution < 1.29 is 22.7 Å². The SMILES string of the molecule is Cc1ccc([C@@H](C)OC(=O)c2ccc(S(=O)(=O)N3C[C@@H](C)O[C@H](C)C3)cc2)cc1. The molecular formula is C22H27NO5S. The van der Waals surface area contributed by atoms with Gasteiger partial charge in [0.15, 0.2) is 0 Å². The van der Waals surface area contributed by atoms with Gasteiger partial charge in [0.25, 0.3) is 0 Å². The first-order chi connectivity index (χ1) is 13.7. The molecule has 0 saturated carbocycles. The Bertz CT molecular complexity index is 944.